The van der Waals surface area contributed by atoms with Gasteiger partial charge in [0.05, 0.1) is 0 Å². The van der Waals surface area contributed by atoms with Crippen LogP contribution in [-0.2, 0) is 11.2 Å². The Hall–Kier alpha value is -3.15. The lowest BCUT2D eigenvalue weighted by atomic mass is 9.89. The van der Waals surface area contributed by atoms with E-state index in [0.717, 1.165) is 31.5 Å². The molecule has 1 aliphatic rings. The van der Waals surface area contributed by atoms with Crippen molar-refractivity contribution in [2.24, 2.45) is 0 Å². The highest BCUT2D eigenvalue weighted by Gasteiger charge is 2.24. The van der Waals surface area contributed by atoms with Gasteiger partial charge in [0.15, 0.2) is 0 Å². The first-order valence-electron chi connectivity index (χ1n) is 10.0. The van der Waals surface area contributed by atoms with Crippen molar-refractivity contribution in [1.29, 1.82) is 0 Å². The van der Waals surface area contributed by atoms with Crippen molar-refractivity contribution in [2.75, 3.05) is 13.1 Å². The Bertz CT molecular complexity index is 956. The number of likely N-dealkylation sites (tertiary alicyclic amines) is 1. The highest BCUT2D eigenvalue weighted by atomic mass is 16.4. The number of piperidine rings is 1. The van der Waals surface area contributed by atoms with E-state index in [1.807, 2.05) is 48.2 Å². The first-order valence-corrected chi connectivity index (χ1v) is 10.0. The average molecular weight is 391 g/mol. The van der Waals surface area contributed by atoms with E-state index in [9.17, 15) is 9.90 Å². The number of carbonyl (C=O) groups excluding carboxylic acids is 1. The zero-order chi connectivity index (χ0) is 20.2. The molecule has 1 N–H and O–H groups in total. The van der Waals surface area contributed by atoms with Gasteiger partial charge in [-0.1, -0.05) is 29.8 Å². The molecule has 4 rings (SSSR count). The number of phenols is 1. The molecule has 6 heteroatoms. The molecule has 0 atom stereocenters. The van der Waals surface area contributed by atoms with E-state index in [0.29, 0.717) is 30.5 Å². The summed E-state index contributed by atoms with van der Waals surface area (Å²) in [5, 5.41) is 17.6. The van der Waals surface area contributed by atoms with Gasteiger partial charge in [-0.2, -0.15) is 0 Å². The van der Waals surface area contributed by atoms with Crippen molar-refractivity contribution in [3.8, 4) is 17.2 Å². The SMILES string of the molecule is Cc1ccc(-c2nnc(CCC(=O)N3CCC(c4ccc(O)cc4)CC3)o2)cc1. The van der Waals surface area contributed by atoms with Crippen LogP contribution in [0.15, 0.2) is 52.9 Å². The summed E-state index contributed by atoms with van der Waals surface area (Å²) < 4.78 is 5.72. The number of aryl methyl sites for hydroxylation is 2. The third kappa shape index (κ3) is 4.65. The molecule has 1 aromatic heterocycles. The monoisotopic (exact) mass is 391 g/mol. The van der Waals surface area contributed by atoms with Crippen LogP contribution < -0.4 is 0 Å². The Balaban J connectivity index is 1.27. The standard InChI is InChI=1S/C23H25N3O3/c1-16-2-4-19(5-3-16)23-25-24-21(29-23)10-11-22(28)26-14-12-18(13-15-26)17-6-8-20(27)9-7-17/h2-9,18,27H,10-15H2,1H3. The summed E-state index contributed by atoms with van der Waals surface area (Å²) in [5.41, 5.74) is 3.29. The van der Waals surface area contributed by atoms with Crippen molar-refractivity contribution < 1.29 is 14.3 Å². The molecule has 0 spiro atoms. The molecule has 1 saturated heterocycles. The van der Waals surface area contributed by atoms with Crippen LogP contribution in [0.5, 0.6) is 5.75 Å². The molecule has 1 fully saturated rings. The fourth-order valence-electron chi connectivity index (χ4n) is 3.75. The van der Waals surface area contributed by atoms with E-state index in [2.05, 4.69) is 10.2 Å². The van der Waals surface area contributed by atoms with E-state index in [-0.39, 0.29) is 11.7 Å². The van der Waals surface area contributed by atoms with Crippen LogP contribution in [0, 0.1) is 6.92 Å². The summed E-state index contributed by atoms with van der Waals surface area (Å²) in [6.07, 6.45) is 2.71. The summed E-state index contributed by atoms with van der Waals surface area (Å²) in [6.45, 7) is 3.54. The van der Waals surface area contributed by atoms with Gasteiger partial charge in [0, 0.05) is 31.5 Å². The maximum absolute atomic E-state index is 12.6. The number of amides is 1. The van der Waals surface area contributed by atoms with Gasteiger partial charge in [-0.3, -0.25) is 4.79 Å². The average Bonchev–Trinajstić information content (AvgIpc) is 3.22. The second kappa shape index (κ2) is 8.47. The third-order valence-electron chi connectivity index (χ3n) is 5.53. The molecule has 29 heavy (non-hydrogen) atoms. The number of phenolic OH excluding ortho intramolecular Hbond substituents is 1. The first kappa shape index (κ1) is 19.2. The van der Waals surface area contributed by atoms with E-state index >= 15 is 0 Å². The molecule has 6 nitrogen and oxygen atoms in total. The first-order chi connectivity index (χ1) is 14.1. The molecule has 0 saturated carbocycles. The Morgan fingerprint density at radius 3 is 2.45 bits per heavy atom. The second-order valence-electron chi connectivity index (χ2n) is 7.61. The predicted molar refractivity (Wildman–Crippen MR) is 109 cm³/mol. The maximum atomic E-state index is 12.6. The summed E-state index contributed by atoms with van der Waals surface area (Å²) in [5.74, 6) is 1.83. The number of carbonyl (C=O) groups is 1. The molecule has 0 bridgehead atoms. The Kier molecular flexibility index (Phi) is 5.60. The van der Waals surface area contributed by atoms with Gasteiger partial charge in [0.2, 0.25) is 17.7 Å². The lowest BCUT2D eigenvalue weighted by molar-refractivity contribution is -0.132. The number of aromatic hydroxyl groups is 1. The Labute approximate surface area is 170 Å². The van der Waals surface area contributed by atoms with E-state index < -0.39 is 0 Å². The van der Waals surface area contributed by atoms with Crippen LogP contribution in [0.3, 0.4) is 0 Å². The van der Waals surface area contributed by atoms with Crippen molar-refractivity contribution in [1.82, 2.24) is 15.1 Å². The summed E-state index contributed by atoms with van der Waals surface area (Å²) in [6, 6.07) is 15.3. The van der Waals surface area contributed by atoms with Gasteiger partial charge in [0.1, 0.15) is 5.75 Å². The molecular formula is C23H25N3O3. The van der Waals surface area contributed by atoms with Gasteiger partial charge in [-0.15, -0.1) is 10.2 Å². The zero-order valence-electron chi connectivity index (χ0n) is 16.5. The van der Waals surface area contributed by atoms with Gasteiger partial charge in [-0.25, -0.2) is 0 Å². The number of rotatable bonds is 5. The van der Waals surface area contributed by atoms with Crippen LogP contribution in [0.4, 0.5) is 0 Å². The molecule has 1 aliphatic heterocycles. The summed E-state index contributed by atoms with van der Waals surface area (Å²) in [7, 11) is 0. The molecule has 1 amide bonds. The molecule has 0 aliphatic carbocycles. The van der Waals surface area contributed by atoms with Crippen molar-refractivity contribution in [3.63, 3.8) is 0 Å². The lowest BCUT2D eigenvalue weighted by Gasteiger charge is -2.32. The quantitative estimate of drug-likeness (QED) is 0.709. The molecule has 0 radical (unpaired) electrons. The number of hydrogen-bond donors (Lipinski definition) is 1. The van der Waals surface area contributed by atoms with Gasteiger partial charge in [0.25, 0.3) is 0 Å². The van der Waals surface area contributed by atoms with E-state index in [4.69, 9.17) is 4.42 Å². The fraction of sp³-hybridized carbons (Fsp3) is 0.348. The minimum absolute atomic E-state index is 0.129. The van der Waals surface area contributed by atoms with Crippen LogP contribution in [0.2, 0.25) is 0 Å². The summed E-state index contributed by atoms with van der Waals surface area (Å²) >= 11 is 0. The van der Waals surface area contributed by atoms with Gasteiger partial charge < -0.3 is 14.4 Å². The Morgan fingerprint density at radius 2 is 1.76 bits per heavy atom. The molecule has 150 valence electrons. The van der Waals surface area contributed by atoms with Crippen molar-refractivity contribution >= 4 is 5.91 Å². The number of aromatic nitrogens is 2. The number of hydrogen-bond acceptors (Lipinski definition) is 5. The van der Waals surface area contributed by atoms with Crippen LogP contribution in [-0.4, -0.2) is 39.2 Å². The third-order valence-corrected chi connectivity index (χ3v) is 5.53. The fourth-order valence-corrected chi connectivity index (χ4v) is 3.75. The molecule has 2 heterocycles. The maximum Gasteiger partial charge on any atom is 0.247 e. The van der Waals surface area contributed by atoms with Crippen molar-refractivity contribution in [2.45, 2.75) is 38.5 Å². The van der Waals surface area contributed by atoms with Crippen molar-refractivity contribution in [3.05, 3.63) is 65.5 Å². The normalized spacial score (nSPS) is 14.9. The molecule has 2 aromatic carbocycles. The Morgan fingerprint density at radius 1 is 1.07 bits per heavy atom. The smallest absolute Gasteiger partial charge is 0.247 e. The minimum atomic E-state index is 0.129. The summed E-state index contributed by atoms with van der Waals surface area (Å²) in [4.78, 5) is 14.5. The van der Waals surface area contributed by atoms with Gasteiger partial charge in [-0.05, 0) is 55.5 Å². The second-order valence-corrected chi connectivity index (χ2v) is 7.61. The van der Waals surface area contributed by atoms with Crippen LogP contribution in [0.25, 0.3) is 11.5 Å². The molecular weight excluding hydrogens is 366 g/mol. The minimum Gasteiger partial charge on any atom is -0.508 e. The number of nitrogens with zero attached hydrogens (tertiary/aromatic N) is 3. The van der Waals surface area contributed by atoms with Gasteiger partial charge >= 0.3 is 0 Å². The predicted octanol–water partition coefficient (Wildman–Crippen LogP) is 4.09. The highest BCUT2D eigenvalue weighted by Crippen LogP contribution is 2.29. The van der Waals surface area contributed by atoms with Crippen LogP contribution in [0.1, 0.15) is 42.2 Å². The largest absolute Gasteiger partial charge is 0.508 e. The number of benzene rings is 2. The lowest BCUT2D eigenvalue weighted by Crippen LogP contribution is -2.38. The molecule has 3 aromatic rings. The highest BCUT2D eigenvalue weighted by molar-refractivity contribution is 5.76. The van der Waals surface area contributed by atoms with E-state index in [1.54, 1.807) is 12.1 Å². The van der Waals surface area contributed by atoms with Crippen LogP contribution >= 0.6 is 0 Å². The molecule has 0 unspecified atom stereocenters. The zero-order valence-corrected chi connectivity index (χ0v) is 16.5. The topological polar surface area (TPSA) is 79.5 Å². The van der Waals surface area contributed by atoms with E-state index in [1.165, 1.54) is 11.1 Å².